The number of pyridine rings is 1. The molecule has 0 bridgehead atoms. The van der Waals surface area contributed by atoms with Crippen LogP contribution in [-0.4, -0.2) is 34.3 Å². The summed E-state index contributed by atoms with van der Waals surface area (Å²) in [4.78, 5) is 24.4. The molecule has 1 fully saturated rings. The number of aromatic amines is 1. The third-order valence-electron chi connectivity index (χ3n) is 3.20. The minimum absolute atomic E-state index is 0.344. The Morgan fingerprint density at radius 1 is 1.29 bits per heavy atom. The topological polar surface area (TPSA) is 61.9 Å². The normalized spacial score (nSPS) is 16.4. The summed E-state index contributed by atoms with van der Waals surface area (Å²) >= 11 is 0. The number of rotatable bonds is 2. The molecule has 88 valence electrons. The Morgan fingerprint density at radius 2 is 2.12 bits per heavy atom. The van der Waals surface area contributed by atoms with Crippen LogP contribution < -0.4 is 4.90 Å². The van der Waals surface area contributed by atoms with Gasteiger partial charge in [0, 0.05) is 19.3 Å². The summed E-state index contributed by atoms with van der Waals surface area (Å²) in [6.45, 7) is 2.13. The standard InChI is InChI=1S/C12H14N4O/c17-8-10-14-11-9(4-5-13-12(11)15-10)16-6-2-1-3-7-16/h4-5,8H,1-3,6-7H2,(H,13,14,15). The Kier molecular flexibility index (Phi) is 2.51. The monoisotopic (exact) mass is 230 g/mol. The zero-order chi connectivity index (χ0) is 11.7. The molecule has 0 saturated carbocycles. The Hall–Kier alpha value is -1.91. The molecule has 3 heterocycles. The molecule has 1 saturated heterocycles. The van der Waals surface area contributed by atoms with Crippen LogP contribution in [0.4, 0.5) is 5.69 Å². The number of fused-ring (bicyclic) bond motifs is 1. The summed E-state index contributed by atoms with van der Waals surface area (Å²) in [5, 5.41) is 0. The van der Waals surface area contributed by atoms with Crippen LogP contribution in [0.1, 0.15) is 29.9 Å². The van der Waals surface area contributed by atoms with Gasteiger partial charge < -0.3 is 9.88 Å². The number of aldehydes is 1. The number of anilines is 1. The molecule has 5 heteroatoms. The Morgan fingerprint density at radius 3 is 2.88 bits per heavy atom. The molecule has 0 radical (unpaired) electrons. The number of hydrogen-bond acceptors (Lipinski definition) is 4. The number of imidazole rings is 1. The van der Waals surface area contributed by atoms with Crippen LogP contribution in [0.25, 0.3) is 11.2 Å². The molecule has 1 N–H and O–H groups in total. The molecule has 0 amide bonds. The molecule has 0 spiro atoms. The van der Waals surface area contributed by atoms with E-state index in [1.54, 1.807) is 6.20 Å². The van der Waals surface area contributed by atoms with E-state index in [1.165, 1.54) is 19.3 Å². The fraction of sp³-hybridized carbons (Fsp3) is 0.417. The fourth-order valence-electron chi connectivity index (χ4n) is 2.37. The second-order valence-corrected chi connectivity index (χ2v) is 4.32. The summed E-state index contributed by atoms with van der Waals surface area (Å²) in [5.74, 6) is 0.344. The van der Waals surface area contributed by atoms with Crippen LogP contribution in [0.15, 0.2) is 12.3 Å². The molecule has 0 aliphatic carbocycles. The van der Waals surface area contributed by atoms with Gasteiger partial charge in [0.05, 0.1) is 5.69 Å². The van der Waals surface area contributed by atoms with Gasteiger partial charge in [-0.25, -0.2) is 9.97 Å². The smallest absolute Gasteiger partial charge is 0.185 e. The number of nitrogens with one attached hydrogen (secondary N) is 1. The maximum Gasteiger partial charge on any atom is 0.185 e. The minimum Gasteiger partial charge on any atom is -0.370 e. The molecule has 1 aliphatic rings. The fourth-order valence-corrected chi connectivity index (χ4v) is 2.37. The lowest BCUT2D eigenvalue weighted by Crippen LogP contribution is -2.29. The van der Waals surface area contributed by atoms with E-state index in [9.17, 15) is 4.79 Å². The van der Waals surface area contributed by atoms with Gasteiger partial charge in [0.25, 0.3) is 0 Å². The number of hydrogen-bond donors (Lipinski definition) is 1. The van der Waals surface area contributed by atoms with Crippen LogP contribution in [0, 0.1) is 0 Å². The molecule has 0 aromatic carbocycles. The largest absolute Gasteiger partial charge is 0.370 e. The quantitative estimate of drug-likeness (QED) is 0.798. The lowest BCUT2D eigenvalue weighted by Gasteiger charge is -2.28. The number of nitrogens with zero attached hydrogens (tertiary/aromatic N) is 3. The number of H-pyrrole nitrogens is 1. The SMILES string of the molecule is O=Cc1nc2nccc(N3CCCCC3)c2[nH]1. The van der Waals surface area contributed by atoms with Crippen molar-refractivity contribution in [3.8, 4) is 0 Å². The van der Waals surface area contributed by atoms with Gasteiger partial charge in [-0.1, -0.05) is 0 Å². The maximum atomic E-state index is 10.7. The van der Waals surface area contributed by atoms with Gasteiger partial charge in [-0.2, -0.15) is 0 Å². The number of aromatic nitrogens is 3. The molecule has 2 aromatic heterocycles. The molecule has 1 aliphatic heterocycles. The van der Waals surface area contributed by atoms with E-state index < -0.39 is 0 Å². The Bertz CT molecular complexity index is 542. The summed E-state index contributed by atoms with van der Waals surface area (Å²) in [7, 11) is 0. The van der Waals surface area contributed by atoms with Gasteiger partial charge in [0.2, 0.25) is 0 Å². The van der Waals surface area contributed by atoms with Gasteiger partial charge >= 0.3 is 0 Å². The van der Waals surface area contributed by atoms with Crippen LogP contribution in [0.2, 0.25) is 0 Å². The van der Waals surface area contributed by atoms with E-state index in [-0.39, 0.29) is 0 Å². The molecule has 5 nitrogen and oxygen atoms in total. The molecular formula is C12H14N4O. The number of carbonyl (C=O) groups excluding carboxylic acids is 1. The van der Waals surface area contributed by atoms with Crippen LogP contribution in [0.3, 0.4) is 0 Å². The molecule has 0 unspecified atom stereocenters. The van der Waals surface area contributed by atoms with Crippen molar-refractivity contribution in [2.75, 3.05) is 18.0 Å². The van der Waals surface area contributed by atoms with Crippen molar-refractivity contribution < 1.29 is 4.79 Å². The van der Waals surface area contributed by atoms with E-state index in [2.05, 4.69) is 19.9 Å². The third-order valence-corrected chi connectivity index (χ3v) is 3.20. The molecular weight excluding hydrogens is 216 g/mol. The highest BCUT2D eigenvalue weighted by atomic mass is 16.1. The predicted molar refractivity (Wildman–Crippen MR) is 65.3 cm³/mol. The van der Waals surface area contributed by atoms with Crippen molar-refractivity contribution >= 4 is 23.1 Å². The summed E-state index contributed by atoms with van der Waals surface area (Å²) in [5.41, 5.74) is 2.60. The maximum absolute atomic E-state index is 10.7. The highest BCUT2D eigenvalue weighted by Crippen LogP contribution is 2.25. The minimum atomic E-state index is 0.344. The zero-order valence-electron chi connectivity index (χ0n) is 9.52. The van der Waals surface area contributed by atoms with Gasteiger partial charge in [-0.3, -0.25) is 4.79 Å². The highest BCUT2D eigenvalue weighted by Gasteiger charge is 2.15. The van der Waals surface area contributed by atoms with E-state index in [0.29, 0.717) is 11.5 Å². The van der Waals surface area contributed by atoms with E-state index in [4.69, 9.17) is 0 Å². The summed E-state index contributed by atoms with van der Waals surface area (Å²) in [6.07, 6.45) is 6.22. The van der Waals surface area contributed by atoms with Crippen molar-refractivity contribution in [1.29, 1.82) is 0 Å². The molecule has 3 rings (SSSR count). The second kappa shape index (κ2) is 4.16. The van der Waals surface area contributed by atoms with Gasteiger partial charge in [-0.05, 0) is 25.3 Å². The van der Waals surface area contributed by atoms with Crippen molar-refractivity contribution in [3.05, 3.63) is 18.1 Å². The lowest BCUT2D eigenvalue weighted by molar-refractivity contribution is 0.111. The van der Waals surface area contributed by atoms with Crippen molar-refractivity contribution in [1.82, 2.24) is 15.0 Å². The average Bonchev–Trinajstić information content (AvgIpc) is 2.82. The highest BCUT2D eigenvalue weighted by molar-refractivity contribution is 5.89. The Balaban J connectivity index is 2.08. The van der Waals surface area contributed by atoms with Gasteiger partial charge in [0.15, 0.2) is 17.8 Å². The predicted octanol–water partition coefficient (Wildman–Crippen LogP) is 1.76. The van der Waals surface area contributed by atoms with Crippen LogP contribution >= 0.6 is 0 Å². The molecule has 0 atom stereocenters. The lowest BCUT2D eigenvalue weighted by atomic mass is 10.1. The number of carbonyl (C=O) groups is 1. The van der Waals surface area contributed by atoms with E-state index in [1.807, 2.05) is 6.07 Å². The third kappa shape index (κ3) is 1.77. The van der Waals surface area contributed by atoms with Crippen LogP contribution in [-0.2, 0) is 0 Å². The van der Waals surface area contributed by atoms with Crippen molar-refractivity contribution in [2.24, 2.45) is 0 Å². The summed E-state index contributed by atoms with van der Waals surface area (Å²) in [6, 6.07) is 1.99. The van der Waals surface area contributed by atoms with Gasteiger partial charge in [-0.15, -0.1) is 0 Å². The second-order valence-electron chi connectivity index (χ2n) is 4.32. The van der Waals surface area contributed by atoms with Gasteiger partial charge in [0.1, 0.15) is 5.52 Å². The first-order chi connectivity index (χ1) is 8.38. The summed E-state index contributed by atoms with van der Waals surface area (Å²) < 4.78 is 0. The zero-order valence-corrected chi connectivity index (χ0v) is 9.52. The first kappa shape index (κ1) is 10.3. The number of piperidine rings is 1. The van der Waals surface area contributed by atoms with Crippen LogP contribution in [0.5, 0.6) is 0 Å². The van der Waals surface area contributed by atoms with Crippen molar-refractivity contribution in [2.45, 2.75) is 19.3 Å². The Labute approximate surface area is 98.9 Å². The van der Waals surface area contributed by atoms with E-state index >= 15 is 0 Å². The average molecular weight is 230 g/mol. The first-order valence-electron chi connectivity index (χ1n) is 5.93. The van der Waals surface area contributed by atoms with Crippen molar-refractivity contribution in [3.63, 3.8) is 0 Å². The molecule has 2 aromatic rings. The first-order valence-corrected chi connectivity index (χ1v) is 5.93. The molecule has 17 heavy (non-hydrogen) atoms. The van der Waals surface area contributed by atoms with E-state index in [0.717, 1.165) is 30.6 Å².